The fourth-order valence-corrected chi connectivity index (χ4v) is 19.3. The first kappa shape index (κ1) is 69.5. The van der Waals surface area contributed by atoms with Crippen molar-refractivity contribution in [3.8, 4) is 72.4 Å². The zero-order valence-corrected chi connectivity index (χ0v) is 65.4. The molecule has 118 heavy (non-hydrogen) atoms. The first-order valence-electron chi connectivity index (χ1n) is 40.5. The number of hydrogen-bond acceptors (Lipinski definition) is 3. The van der Waals surface area contributed by atoms with E-state index in [9.17, 15) is 0 Å². The van der Waals surface area contributed by atoms with Gasteiger partial charge in [0.15, 0.2) is 0 Å². The van der Waals surface area contributed by atoms with Crippen LogP contribution in [0.1, 0.15) is 0 Å². The standard InChI is InChI=1S/C60H40N2.C54H35NS/c1-3-12-41(13-4-1)42-22-24-43(25-23-42)44-28-34-51(35-29-44)61(58-21-11-16-48-27-26-46-14-7-9-19-53(46)59(48)58)52-36-30-45(31-37-52)49-33-39-57-56(40-49)55-38-32-47-15-8-10-20-54(47)60(55)62(57)50-17-5-2-6-18-50;1-2-10-36(11-3-1)37-20-22-38(23-21-37)39-26-30-45(31-27-39)55(51-19-8-15-42-25-24-40-12-6-7-16-47(40)53(42)51)46-32-28-41(29-33-46)48-17-9-18-49-50-34-43-13-4-5-14-44(43)35-52(50)56-54(48)49/h1-40H;1-35H. The fourth-order valence-electron chi connectivity index (χ4n) is 18.0. The van der Waals surface area contributed by atoms with Crippen molar-refractivity contribution in [2.75, 3.05) is 9.80 Å². The Labute approximate surface area is 689 Å². The predicted octanol–water partition coefficient (Wildman–Crippen LogP) is 32.7. The Bertz CT molecular complexity index is 7730. The second-order valence-corrected chi connectivity index (χ2v) is 31.7. The number of rotatable bonds is 13. The number of aromatic nitrogens is 1. The van der Waals surface area contributed by atoms with Crippen LogP contribution in [0, 0.1) is 0 Å². The van der Waals surface area contributed by atoms with Crippen molar-refractivity contribution in [1.29, 1.82) is 0 Å². The highest BCUT2D eigenvalue weighted by molar-refractivity contribution is 7.26. The Balaban J connectivity index is 0.000000143. The van der Waals surface area contributed by atoms with E-state index in [1.807, 2.05) is 11.3 Å². The highest BCUT2D eigenvalue weighted by atomic mass is 32.1. The molecule has 0 bridgehead atoms. The van der Waals surface area contributed by atoms with Crippen LogP contribution in [0.25, 0.3) is 179 Å². The molecule has 23 rings (SSSR count). The maximum atomic E-state index is 2.43. The molecule has 0 saturated carbocycles. The van der Waals surface area contributed by atoms with Gasteiger partial charge in [-0.15, -0.1) is 11.3 Å². The van der Waals surface area contributed by atoms with Crippen molar-refractivity contribution in [3.63, 3.8) is 0 Å². The van der Waals surface area contributed by atoms with E-state index in [0.29, 0.717) is 0 Å². The first-order chi connectivity index (χ1) is 58.5. The molecule has 3 nitrogen and oxygen atoms in total. The monoisotopic (exact) mass is 1520 g/mol. The highest BCUT2D eigenvalue weighted by Gasteiger charge is 2.23. The van der Waals surface area contributed by atoms with Crippen LogP contribution in [0.5, 0.6) is 0 Å². The Morgan fingerprint density at radius 3 is 1.03 bits per heavy atom. The molecule has 23 aromatic rings. The molecule has 0 aliphatic carbocycles. The number of fused-ring (bicyclic) bond motifs is 15. The molecule has 0 spiro atoms. The van der Waals surface area contributed by atoms with Gasteiger partial charge < -0.3 is 14.4 Å². The van der Waals surface area contributed by atoms with Crippen LogP contribution in [-0.4, -0.2) is 4.57 Å². The fraction of sp³-hybridized carbons (Fsp3) is 0. The molecule has 21 aromatic carbocycles. The van der Waals surface area contributed by atoms with Crippen LogP contribution >= 0.6 is 11.3 Å². The van der Waals surface area contributed by atoms with E-state index in [-0.39, 0.29) is 0 Å². The molecule has 2 aromatic heterocycles. The molecule has 0 fully saturated rings. The molecule has 4 heteroatoms. The van der Waals surface area contributed by atoms with E-state index in [0.717, 1.165) is 39.8 Å². The van der Waals surface area contributed by atoms with Crippen molar-refractivity contribution < 1.29 is 0 Å². The predicted molar refractivity (Wildman–Crippen MR) is 507 cm³/mol. The average Bonchev–Trinajstić information content (AvgIpc) is 1.54. The van der Waals surface area contributed by atoms with Crippen molar-refractivity contribution in [1.82, 2.24) is 4.57 Å². The maximum absolute atomic E-state index is 2.43. The topological polar surface area (TPSA) is 11.4 Å². The van der Waals surface area contributed by atoms with Gasteiger partial charge in [-0.3, -0.25) is 0 Å². The summed E-state index contributed by atoms with van der Waals surface area (Å²) in [5.41, 5.74) is 24.9. The zero-order chi connectivity index (χ0) is 78.0. The summed E-state index contributed by atoms with van der Waals surface area (Å²) in [6.07, 6.45) is 0. The quantitative estimate of drug-likeness (QED) is 0.107. The van der Waals surface area contributed by atoms with E-state index in [2.05, 4.69) is 469 Å². The molecule has 0 saturated heterocycles. The maximum Gasteiger partial charge on any atom is 0.0619 e. The van der Waals surface area contributed by atoms with Crippen molar-refractivity contribution >= 4 is 152 Å². The van der Waals surface area contributed by atoms with Crippen LogP contribution < -0.4 is 9.80 Å². The summed E-state index contributed by atoms with van der Waals surface area (Å²) in [7, 11) is 0. The third-order valence-corrected chi connectivity index (χ3v) is 25.0. The number of anilines is 6. The van der Waals surface area contributed by atoms with Gasteiger partial charge >= 0.3 is 0 Å². The van der Waals surface area contributed by atoms with Gasteiger partial charge in [-0.2, -0.15) is 0 Å². The summed E-state index contributed by atoms with van der Waals surface area (Å²) in [6.45, 7) is 0. The number of thiophene rings is 1. The second-order valence-electron chi connectivity index (χ2n) is 30.6. The summed E-state index contributed by atoms with van der Waals surface area (Å²) < 4.78 is 5.08. The molecular formula is C114H75N3S. The van der Waals surface area contributed by atoms with Crippen molar-refractivity contribution in [2.24, 2.45) is 0 Å². The molecular weight excluding hydrogens is 1440 g/mol. The Hall–Kier alpha value is -15.2. The van der Waals surface area contributed by atoms with E-state index < -0.39 is 0 Å². The number of nitrogens with zero attached hydrogens (tertiary/aromatic N) is 3. The Morgan fingerprint density at radius 2 is 0.542 bits per heavy atom. The largest absolute Gasteiger partial charge is 0.310 e. The lowest BCUT2D eigenvalue weighted by atomic mass is 9.98. The molecule has 0 amide bonds. The van der Waals surface area contributed by atoms with Crippen molar-refractivity contribution in [3.05, 3.63) is 455 Å². The van der Waals surface area contributed by atoms with E-state index in [1.54, 1.807) is 0 Å². The molecule has 0 radical (unpaired) electrons. The van der Waals surface area contributed by atoms with Crippen LogP contribution in [-0.2, 0) is 0 Å². The molecule has 0 atom stereocenters. The Kier molecular flexibility index (Phi) is 17.5. The summed E-state index contributed by atoms with van der Waals surface area (Å²) in [4.78, 5) is 4.84. The smallest absolute Gasteiger partial charge is 0.0619 e. The minimum absolute atomic E-state index is 1.10. The van der Waals surface area contributed by atoms with Crippen LogP contribution in [0.4, 0.5) is 34.1 Å². The van der Waals surface area contributed by atoms with Gasteiger partial charge in [-0.25, -0.2) is 0 Å². The molecule has 0 unspecified atom stereocenters. The third-order valence-electron chi connectivity index (χ3n) is 23.8. The lowest BCUT2D eigenvalue weighted by molar-refractivity contribution is 1.19. The third kappa shape index (κ3) is 12.6. The van der Waals surface area contributed by atoms with Gasteiger partial charge in [0.2, 0.25) is 0 Å². The van der Waals surface area contributed by atoms with Gasteiger partial charge in [0.25, 0.3) is 0 Å². The first-order valence-corrected chi connectivity index (χ1v) is 41.3. The zero-order valence-electron chi connectivity index (χ0n) is 64.6. The SMILES string of the molecule is c1ccc(-c2ccc(-c3ccc(N(c4ccc(-c5ccc6c(c5)c5ccc7ccccc7c5n6-c5ccccc5)cc4)c4cccc5ccc6ccccc6c45)cc3)cc2)cc1.c1ccc(-c2ccc(-c3ccc(N(c4ccc(-c5cccc6c5sc5cc7ccccc7cc56)cc4)c4cccc5ccc6ccccc6c45)cc3)cc2)cc1. The average molecular weight is 1520 g/mol. The van der Waals surface area contributed by atoms with E-state index in [4.69, 9.17) is 0 Å². The number of hydrogen-bond donors (Lipinski definition) is 0. The minimum atomic E-state index is 1.10. The van der Waals surface area contributed by atoms with Gasteiger partial charge in [0.05, 0.1) is 22.4 Å². The number of benzene rings is 21. The van der Waals surface area contributed by atoms with Gasteiger partial charge in [0.1, 0.15) is 0 Å². The van der Waals surface area contributed by atoms with Gasteiger partial charge in [-0.1, -0.05) is 358 Å². The van der Waals surface area contributed by atoms with Crippen LogP contribution in [0.3, 0.4) is 0 Å². The summed E-state index contributed by atoms with van der Waals surface area (Å²) in [5.74, 6) is 0. The van der Waals surface area contributed by atoms with E-state index in [1.165, 1.54) is 173 Å². The summed E-state index contributed by atoms with van der Waals surface area (Å²) >= 11 is 1.89. The second kappa shape index (κ2) is 29.6. The molecule has 0 aliphatic rings. The van der Waals surface area contributed by atoms with Crippen LogP contribution in [0.15, 0.2) is 455 Å². The van der Waals surface area contributed by atoms with Gasteiger partial charge in [-0.05, 0) is 212 Å². The minimum Gasteiger partial charge on any atom is -0.310 e. The molecule has 2 heterocycles. The highest BCUT2D eigenvalue weighted by Crippen LogP contribution is 2.48. The normalized spacial score (nSPS) is 11.6. The van der Waals surface area contributed by atoms with E-state index >= 15 is 0 Å². The molecule has 0 N–H and O–H groups in total. The summed E-state index contributed by atoms with van der Waals surface area (Å²) in [6, 6.07) is 166. The molecule has 0 aliphatic heterocycles. The Morgan fingerprint density at radius 1 is 0.195 bits per heavy atom. The molecule has 552 valence electrons. The van der Waals surface area contributed by atoms with Crippen molar-refractivity contribution in [2.45, 2.75) is 0 Å². The summed E-state index contributed by atoms with van der Waals surface area (Å²) in [5, 5.41) is 20.1. The van der Waals surface area contributed by atoms with Crippen LogP contribution in [0.2, 0.25) is 0 Å². The number of para-hydroxylation sites is 1. The lowest BCUT2D eigenvalue weighted by Crippen LogP contribution is -2.10. The lowest BCUT2D eigenvalue weighted by Gasteiger charge is -2.28. The van der Waals surface area contributed by atoms with Gasteiger partial charge in [0, 0.05) is 75.5 Å².